The Balaban J connectivity index is 2.23. The molecule has 1 aliphatic rings. The molecule has 0 aromatic rings. The standard InChI is InChI=1S/C17H34N2O2/c1-13(2)7-5-8-14(3)18-17(21)12-19-10-6-9-16(11-19)15(4)20/h13-16,20H,5-12H2,1-4H3,(H,18,21). The van der Waals surface area contributed by atoms with Crippen LogP contribution in [0.2, 0.25) is 0 Å². The van der Waals surface area contributed by atoms with E-state index in [1.165, 1.54) is 12.8 Å². The number of likely N-dealkylation sites (tertiary alicyclic amines) is 1. The highest BCUT2D eigenvalue weighted by molar-refractivity contribution is 5.78. The van der Waals surface area contributed by atoms with E-state index in [0.717, 1.165) is 38.3 Å². The first kappa shape index (κ1) is 18.4. The summed E-state index contributed by atoms with van der Waals surface area (Å²) in [5.41, 5.74) is 0. The molecule has 0 spiro atoms. The third kappa shape index (κ3) is 7.82. The molecule has 1 saturated heterocycles. The molecule has 1 amide bonds. The maximum absolute atomic E-state index is 12.1. The zero-order valence-corrected chi connectivity index (χ0v) is 14.3. The van der Waals surface area contributed by atoms with Gasteiger partial charge in [0.05, 0.1) is 12.6 Å². The largest absolute Gasteiger partial charge is 0.393 e. The Hall–Kier alpha value is -0.610. The molecule has 3 unspecified atom stereocenters. The molecule has 1 aliphatic heterocycles. The average molecular weight is 298 g/mol. The van der Waals surface area contributed by atoms with Crippen LogP contribution in [0.25, 0.3) is 0 Å². The van der Waals surface area contributed by atoms with Crippen molar-refractivity contribution in [3.8, 4) is 0 Å². The maximum atomic E-state index is 12.1. The van der Waals surface area contributed by atoms with E-state index in [1.807, 2.05) is 6.92 Å². The first-order chi connectivity index (χ1) is 9.88. The van der Waals surface area contributed by atoms with E-state index in [0.29, 0.717) is 12.5 Å². The Labute approximate surface area is 130 Å². The monoisotopic (exact) mass is 298 g/mol. The summed E-state index contributed by atoms with van der Waals surface area (Å²) in [4.78, 5) is 14.3. The number of carbonyl (C=O) groups is 1. The van der Waals surface area contributed by atoms with Crippen LogP contribution in [0.4, 0.5) is 0 Å². The predicted molar refractivity (Wildman–Crippen MR) is 87.1 cm³/mol. The van der Waals surface area contributed by atoms with Gasteiger partial charge in [0.1, 0.15) is 0 Å². The van der Waals surface area contributed by atoms with Crippen LogP contribution in [-0.4, -0.2) is 47.7 Å². The highest BCUT2D eigenvalue weighted by atomic mass is 16.3. The van der Waals surface area contributed by atoms with Crippen LogP contribution in [0, 0.1) is 11.8 Å². The fourth-order valence-corrected chi connectivity index (χ4v) is 3.06. The van der Waals surface area contributed by atoms with Gasteiger partial charge in [-0.2, -0.15) is 0 Å². The van der Waals surface area contributed by atoms with Gasteiger partial charge < -0.3 is 10.4 Å². The average Bonchev–Trinajstić information content (AvgIpc) is 2.38. The molecular weight excluding hydrogens is 264 g/mol. The first-order valence-corrected chi connectivity index (χ1v) is 8.58. The van der Waals surface area contributed by atoms with E-state index in [1.54, 1.807) is 0 Å². The summed E-state index contributed by atoms with van der Waals surface area (Å²) in [6.45, 7) is 10.7. The third-order valence-electron chi connectivity index (χ3n) is 4.42. The van der Waals surface area contributed by atoms with Gasteiger partial charge in [-0.15, -0.1) is 0 Å². The number of piperidine rings is 1. The summed E-state index contributed by atoms with van der Waals surface area (Å²) in [6, 6.07) is 0.258. The number of aliphatic hydroxyl groups is 1. The molecule has 124 valence electrons. The lowest BCUT2D eigenvalue weighted by molar-refractivity contribution is -0.123. The van der Waals surface area contributed by atoms with Crippen LogP contribution in [0.5, 0.6) is 0 Å². The Bertz CT molecular complexity index is 305. The Morgan fingerprint density at radius 2 is 2.00 bits per heavy atom. The lowest BCUT2D eigenvalue weighted by Crippen LogP contribution is -2.46. The molecule has 1 fully saturated rings. The van der Waals surface area contributed by atoms with Gasteiger partial charge in [0.25, 0.3) is 0 Å². The molecule has 0 aliphatic carbocycles. The predicted octanol–water partition coefficient (Wildman–Crippen LogP) is 2.41. The zero-order valence-electron chi connectivity index (χ0n) is 14.3. The van der Waals surface area contributed by atoms with E-state index in [9.17, 15) is 9.90 Å². The second kappa shape index (κ2) is 9.42. The molecule has 4 heteroatoms. The summed E-state index contributed by atoms with van der Waals surface area (Å²) < 4.78 is 0. The molecule has 0 bridgehead atoms. The first-order valence-electron chi connectivity index (χ1n) is 8.58. The van der Waals surface area contributed by atoms with Gasteiger partial charge in [-0.25, -0.2) is 0 Å². The highest BCUT2D eigenvalue weighted by Gasteiger charge is 2.24. The van der Waals surface area contributed by atoms with Gasteiger partial charge in [0, 0.05) is 12.6 Å². The minimum absolute atomic E-state index is 0.123. The SMILES string of the molecule is CC(C)CCCC(C)NC(=O)CN1CCCC(C(C)O)C1. The smallest absolute Gasteiger partial charge is 0.234 e. The summed E-state index contributed by atoms with van der Waals surface area (Å²) in [6.07, 6.45) is 5.33. The number of rotatable bonds is 8. The van der Waals surface area contributed by atoms with Gasteiger partial charge in [0.2, 0.25) is 5.91 Å². The lowest BCUT2D eigenvalue weighted by Gasteiger charge is -2.33. The van der Waals surface area contributed by atoms with E-state index in [4.69, 9.17) is 0 Å². The molecule has 3 atom stereocenters. The number of aliphatic hydroxyl groups excluding tert-OH is 1. The van der Waals surface area contributed by atoms with Crippen molar-refractivity contribution in [3.05, 3.63) is 0 Å². The van der Waals surface area contributed by atoms with E-state index in [-0.39, 0.29) is 18.1 Å². The summed E-state index contributed by atoms with van der Waals surface area (Å²) in [5, 5.41) is 12.8. The van der Waals surface area contributed by atoms with Crippen molar-refractivity contribution >= 4 is 5.91 Å². The van der Waals surface area contributed by atoms with Crippen molar-refractivity contribution in [3.63, 3.8) is 0 Å². The van der Waals surface area contributed by atoms with Crippen molar-refractivity contribution in [2.45, 2.75) is 71.9 Å². The Kier molecular flexibility index (Phi) is 8.27. The van der Waals surface area contributed by atoms with Crippen LogP contribution >= 0.6 is 0 Å². The molecule has 1 rings (SSSR count). The van der Waals surface area contributed by atoms with Gasteiger partial charge in [-0.05, 0) is 51.5 Å². The molecular formula is C17H34N2O2. The number of carbonyl (C=O) groups excluding carboxylic acids is 1. The fraction of sp³-hybridized carbons (Fsp3) is 0.941. The summed E-state index contributed by atoms with van der Waals surface area (Å²) >= 11 is 0. The van der Waals surface area contributed by atoms with Gasteiger partial charge in [0.15, 0.2) is 0 Å². The van der Waals surface area contributed by atoms with Crippen LogP contribution in [0.15, 0.2) is 0 Å². The van der Waals surface area contributed by atoms with Crippen molar-refractivity contribution in [2.24, 2.45) is 11.8 Å². The highest BCUT2D eigenvalue weighted by Crippen LogP contribution is 2.19. The van der Waals surface area contributed by atoms with Crippen molar-refractivity contribution in [2.75, 3.05) is 19.6 Å². The van der Waals surface area contributed by atoms with Gasteiger partial charge in [-0.3, -0.25) is 9.69 Å². The lowest BCUT2D eigenvalue weighted by atomic mass is 9.93. The molecule has 0 aromatic heterocycles. The number of hydrogen-bond donors (Lipinski definition) is 2. The third-order valence-corrected chi connectivity index (χ3v) is 4.42. The fourth-order valence-electron chi connectivity index (χ4n) is 3.06. The Morgan fingerprint density at radius 3 is 2.62 bits per heavy atom. The molecule has 1 heterocycles. The molecule has 21 heavy (non-hydrogen) atoms. The minimum atomic E-state index is -0.272. The van der Waals surface area contributed by atoms with Crippen LogP contribution in [0.1, 0.15) is 59.8 Å². The molecule has 4 nitrogen and oxygen atoms in total. The van der Waals surface area contributed by atoms with Gasteiger partial charge >= 0.3 is 0 Å². The van der Waals surface area contributed by atoms with E-state index >= 15 is 0 Å². The second-order valence-electron chi connectivity index (χ2n) is 7.17. The van der Waals surface area contributed by atoms with Crippen molar-refractivity contribution in [1.29, 1.82) is 0 Å². The second-order valence-corrected chi connectivity index (χ2v) is 7.17. The Morgan fingerprint density at radius 1 is 1.29 bits per heavy atom. The van der Waals surface area contributed by atoms with Crippen molar-refractivity contribution in [1.82, 2.24) is 10.2 Å². The molecule has 0 saturated carbocycles. The minimum Gasteiger partial charge on any atom is -0.393 e. The summed E-state index contributed by atoms with van der Waals surface area (Å²) in [5.74, 6) is 1.17. The number of nitrogens with one attached hydrogen (secondary N) is 1. The van der Waals surface area contributed by atoms with Gasteiger partial charge in [-0.1, -0.05) is 26.7 Å². The van der Waals surface area contributed by atoms with Crippen molar-refractivity contribution < 1.29 is 9.90 Å². The molecule has 0 radical (unpaired) electrons. The quantitative estimate of drug-likeness (QED) is 0.723. The maximum Gasteiger partial charge on any atom is 0.234 e. The number of hydrogen-bond acceptors (Lipinski definition) is 3. The zero-order chi connectivity index (χ0) is 15.8. The van der Waals surface area contributed by atoms with Crippen LogP contribution in [-0.2, 0) is 4.79 Å². The van der Waals surface area contributed by atoms with Crippen LogP contribution in [0.3, 0.4) is 0 Å². The number of amides is 1. The number of nitrogens with zero attached hydrogens (tertiary/aromatic N) is 1. The normalized spacial score (nSPS) is 23.0. The van der Waals surface area contributed by atoms with E-state index in [2.05, 4.69) is 31.0 Å². The molecule has 0 aromatic carbocycles. The molecule has 2 N–H and O–H groups in total. The van der Waals surface area contributed by atoms with Crippen LogP contribution < -0.4 is 5.32 Å². The van der Waals surface area contributed by atoms with E-state index < -0.39 is 0 Å². The topological polar surface area (TPSA) is 52.6 Å². The summed E-state index contributed by atoms with van der Waals surface area (Å²) in [7, 11) is 0.